The van der Waals surface area contributed by atoms with Gasteiger partial charge in [0.05, 0.1) is 10.9 Å². The molecule has 0 spiro atoms. The fourth-order valence-electron chi connectivity index (χ4n) is 2.89. The average molecular weight is 329 g/mol. The van der Waals surface area contributed by atoms with E-state index >= 15 is 0 Å². The molecule has 1 aliphatic rings. The molecule has 1 aromatic heterocycles. The van der Waals surface area contributed by atoms with Gasteiger partial charge in [0.1, 0.15) is 4.90 Å². The second-order valence-corrected chi connectivity index (χ2v) is 7.11. The maximum Gasteiger partial charge on any atom is 0.306 e. The number of sulfonamides is 1. The lowest BCUT2D eigenvalue weighted by Crippen LogP contribution is -2.21. The van der Waals surface area contributed by atoms with Crippen LogP contribution in [0.4, 0.5) is 0 Å². The summed E-state index contributed by atoms with van der Waals surface area (Å²) in [5, 5.41) is 15.0. The number of carboxylic acids is 1. The molecule has 2 aromatic rings. The molecule has 1 aliphatic carbocycles. The number of carboxylic acid groups (broad SMARTS) is 1. The van der Waals surface area contributed by atoms with Gasteiger partial charge in [-0.2, -0.15) is 0 Å². The molecule has 3 rings (SSSR count). The van der Waals surface area contributed by atoms with E-state index in [1.54, 1.807) is 6.07 Å². The summed E-state index contributed by atoms with van der Waals surface area (Å²) in [6, 6.07) is 2.96. The fraction of sp³-hybridized carbons (Fsp3) is 0.308. The SMILES string of the molecule is NS(=O)(=O)c1ccc2[nH]c3c(c2c1Cl)CCC(C(=O)O)C3. The Kier molecular flexibility index (Phi) is 3.23. The predicted octanol–water partition coefficient (Wildman–Crippen LogP) is 1.66. The van der Waals surface area contributed by atoms with Gasteiger partial charge in [0.25, 0.3) is 0 Å². The monoisotopic (exact) mass is 328 g/mol. The van der Waals surface area contributed by atoms with E-state index in [0.717, 1.165) is 11.3 Å². The first-order valence-corrected chi connectivity index (χ1v) is 8.29. The smallest absolute Gasteiger partial charge is 0.306 e. The summed E-state index contributed by atoms with van der Waals surface area (Å²) in [5.41, 5.74) is 2.39. The van der Waals surface area contributed by atoms with Gasteiger partial charge in [0, 0.05) is 23.0 Å². The van der Waals surface area contributed by atoms with Crippen LogP contribution in [0.25, 0.3) is 10.9 Å². The Labute approximate surface area is 126 Å². The molecule has 0 radical (unpaired) electrons. The van der Waals surface area contributed by atoms with E-state index < -0.39 is 21.9 Å². The van der Waals surface area contributed by atoms with Gasteiger partial charge < -0.3 is 10.1 Å². The summed E-state index contributed by atoms with van der Waals surface area (Å²) < 4.78 is 23.1. The molecule has 6 nitrogen and oxygen atoms in total. The van der Waals surface area contributed by atoms with Crippen LogP contribution in [0, 0.1) is 5.92 Å². The molecule has 4 N–H and O–H groups in total. The molecule has 112 valence electrons. The summed E-state index contributed by atoms with van der Waals surface area (Å²) in [6.45, 7) is 0. The number of fused-ring (bicyclic) bond motifs is 3. The Morgan fingerprint density at radius 1 is 1.43 bits per heavy atom. The number of aliphatic carboxylic acids is 1. The second-order valence-electron chi connectivity index (χ2n) is 5.21. The van der Waals surface area contributed by atoms with Gasteiger partial charge in [-0.05, 0) is 30.5 Å². The summed E-state index contributed by atoms with van der Waals surface area (Å²) >= 11 is 6.21. The molecular formula is C13H13ClN2O4S. The van der Waals surface area contributed by atoms with Crippen LogP contribution in [0.2, 0.25) is 5.02 Å². The number of nitrogens with one attached hydrogen (secondary N) is 1. The van der Waals surface area contributed by atoms with Crippen LogP contribution in [-0.2, 0) is 27.7 Å². The number of H-pyrrole nitrogens is 1. The van der Waals surface area contributed by atoms with Crippen molar-refractivity contribution in [2.45, 2.75) is 24.2 Å². The highest BCUT2D eigenvalue weighted by molar-refractivity contribution is 7.89. The second kappa shape index (κ2) is 4.72. The first-order valence-electron chi connectivity index (χ1n) is 6.36. The number of hydrogen-bond acceptors (Lipinski definition) is 3. The molecule has 1 unspecified atom stereocenters. The summed E-state index contributed by atoms with van der Waals surface area (Å²) in [4.78, 5) is 14.1. The Hall–Kier alpha value is -1.57. The molecule has 1 heterocycles. The lowest BCUT2D eigenvalue weighted by atomic mass is 9.87. The van der Waals surface area contributed by atoms with E-state index in [4.69, 9.17) is 21.8 Å². The van der Waals surface area contributed by atoms with Crippen molar-refractivity contribution in [3.05, 3.63) is 28.4 Å². The molecule has 1 atom stereocenters. The predicted molar refractivity (Wildman–Crippen MR) is 77.8 cm³/mol. The number of nitrogens with two attached hydrogens (primary N) is 1. The zero-order valence-electron chi connectivity index (χ0n) is 10.9. The van der Waals surface area contributed by atoms with Gasteiger partial charge in [-0.3, -0.25) is 4.79 Å². The fourth-order valence-corrected chi connectivity index (χ4v) is 4.10. The molecule has 0 fully saturated rings. The van der Waals surface area contributed by atoms with E-state index in [1.165, 1.54) is 6.07 Å². The molecule has 0 saturated carbocycles. The zero-order valence-corrected chi connectivity index (χ0v) is 12.5. The van der Waals surface area contributed by atoms with Gasteiger partial charge in [-0.1, -0.05) is 11.6 Å². The van der Waals surface area contributed by atoms with Gasteiger partial charge in [0.2, 0.25) is 10.0 Å². The number of halogens is 1. The third-order valence-corrected chi connectivity index (χ3v) is 5.37. The van der Waals surface area contributed by atoms with Crippen LogP contribution in [0.5, 0.6) is 0 Å². The molecule has 8 heteroatoms. The van der Waals surface area contributed by atoms with Crippen LogP contribution < -0.4 is 5.14 Å². The first kappa shape index (κ1) is 14.4. The standard InChI is InChI=1S/C13H13ClN2O4S/c14-12-10(21(15,19)20)4-3-8-11(12)7-2-1-6(13(17)18)5-9(7)16-8/h3-4,6,16H,1-2,5H2,(H,17,18)(H2,15,19,20). The zero-order chi connectivity index (χ0) is 15.4. The molecular weight excluding hydrogens is 316 g/mol. The molecule has 0 aliphatic heterocycles. The molecule has 0 amide bonds. The number of hydrogen-bond donors (Lipinski definition) is 3. The van der Waals surface area contributed by atoms with E-state index in [9.17, 15) is 13.2 Å². The number of benzene rings is 1. The lowest BCUT2D eigenvalue weighted by Gasteiger charge is -2.18. The van der Waals surface area contributed by atoms with E-state index in [2.05, 4.69) is 4.98 Å². The van der Waals surface area contributed by atoms with Gasteiger partial charge in [-0.25, -0.2) is 13.6 Å². The number of carbonyl (C=O) groups is 1. The van der Waals surface area contributed by atoms with Crippen molar-refractivity contribution in [3.8, 4) is 0 Å². The van der Waals surface area contributed by atoms with Crippen LogP contribution >= 0.6 is 11.6 Å². The highest BCUT2D eigenvalue weighted by atomic mass is 35.5. The van der Waals surface area contributed by atoms with Crippen molar-refractivity contribution < 1.29 is 18.3 Å². The topological polar surface area (TPSA) is 113 Å². The number of aromatic amines is 1. The van der Waals surface area contributed by atoms with Crippen molar-refractivity contribution in [3.63, 3.8) is 0 Å². The number of rotatable bonds is 2. The van der Waals surface area contributed by atoms with Crippen LogP contribution in [-0.4, -0.2) is 24.5 Å². The van der Waals surface area contributed by atoms with Crippen LogP contribution in [0.15, 0.2) is 17.0 Å². The Morgan fingerprint density at radius 3 is 2.76 bits per heavy atom. The number of primary sulfonamides is 1. The first-order chi connectivity index (χ1) is 9.79. The molecule has 0 saturated heterocycles. The molecule has 0 bridgehead atoms. The Balaban J connectivity index is 2.21. The molecule has 1 aromatic carbocycles. The van der Waals surface area contributed by atoms with E-state index in [-0.39, 0.29) is 9.92 Å². The number of aromatic nitrogens is 1. The van der Waals surface area contributed by atoms with Crippen molar-refractivity contribution in [2.75, 3.05) is 0 Å². The Morgan fingerprint density at radius 2 is 2.14 bits per heavy atom. The summed E-state index contributed by atoms with van der Waals surface area (Å²) in [6.07, 6.45) is 1.44. The van der Waals surface area contributed by atoms with Gasteiger partial charge in [-0.15, -0.1) is 0 Å². The Bertz CT molecular complexity index is 857. The quantitative estimate of drug-likeness (QED) is 0.777. The van der Waals surface area contributed by atoms with E-state index in [1.807, 2.05) is 0 Å². The highest BCUT2D eigenvalue weighted by Crippen LogP contribution is 2.38. The average Bonchev–Trinajstić information content (AvgIpc) is 2.75. The van der Waals surface area contributed by atoms with Crippen molar-refractivity contribution in [1.29, 1.82) is 0 Å². The summed E-state index contributed by atoms with van der Waals surface area (Å²) in [5.74, 6) is -1.25. The lowest BCUT2D eigenvalue weighted by molar-refractivity contribution is -0.142. The minimum Gasteiger partial charge on any atom is -0.481 e. The minimum absolute atomic E-state index is 0.0984. The van der Waals surface area contributed by atoms with Crippen molar-refractivity contribution >= 4 is 38.5 Å². The largest absolute Gasteiger partial charge is 0.481 e. The van der Waals surface area contributed by atoms with Gasteiger partial charge >= 0.3 is 5.97 Å². The van der Waals surface area contributed by atoms with Crippen molar-refractivity contribution in [1.82, 2.24) is 4.98 Å². The maximum absolute atomic E-state index is 11.5. The number of aryl methyl sites for hydroxylation is 1. The minimum atomic E-state index is -3.89. The van der Waals surface area contributed by atoms with Crippen LogP contribution in [0.1, 0.15) is 17.7 Å². The van der Waals surface area contributed by atoms with E-state index in [0.29, 0.717) is 30.2 Å². The molecule has 21 heavy (non-hydrogen) atoms. The maximum atomic E-state index is 11.5. The normalized spacial score (nSPS) is 18.7. The third kappa shape index (κ3) is 2.31. The van der Waals surface area contributed by atoms with Crippen LogP contribution in [0.3, 0.4) is 0 Å². The van der Waals surface area contributed by atoms with Gasteiger partial charge in [0.15, 0.2) is 0 Å². The summed E-state index contributed by atoms with van der Waals surface area (Å²) in [7, 11) is -3.89. The van der Waals surface area contributed by atoms with Crippen molar-refractivity contribution in [2.24, 2.45) is 11.1 Å². The third-order valence-electron chi connectivity index (χ3n) is 3.91. The highest BCUT2D eigenvalue weighted by Gasteiger charge is 2.29.